The highest BCUT2D eigenvalue weighted by molar-refractivity contribution is 5.96. The van der Waals surface area contributed by atoms with E-state index in [2.05, 4.69) is 6.58 Å². The van der Waals surface area contributed by atoms with Crippen LogP contribution in [0, 0.1) is 0 Å². The molecule has 0 bridgehead atoms. The summed E-state index contributed by atoms with van der Waals surface area (Å²) < 4.78 is 0. The van der Waals surface area contributed by atoms with Crippen molar-refractivity contribution < 1.29 is 20.1 Å². The fraction of sp³-hybridized carbons (Fsp3) is 0.500. The van der Waals surface area contributed by atoms with Crippen molar-refractivity contribution in [2.24, 2.45) is 0 Å². The summed E-state index contributed by atoms with van der Waals surface area (Å²) in [5.74, 6) is -0.780. The average Bonchev–Trinajstić information content (AvgIpc) is 2.01. The number of rotatable bonds is 4. The number of hydrogen-bond donors (Lipinski definition) is 3. The van der Waals surface area contributed by atoms with Crippen LogP contribution in [0.2, 0.25) is 0 Å². The summed E-state index contributed by atoms with van der Waals surface area (Å²) in [5.41, 5.74) is -2.05. The maximum Gasteiger partial charge on any atom is 0.191 e. The molecule has 0 rings (SSSR count). The number of hydrogen-bond acceptors (Lipinski definition) is 4. The molecule has 4 heteroatoms. The van der Waals surface area contributed by atoms with Gasteiger partial charge >= 0.3 is 0 Å². The molecule has 4 nitrogen and oxygen atoms in total. The van der Waals surface area contributed by atoms with Crippen molar-refractivity contribution in [3.05, 3.63) is 12.7 Å². The number of ketones is 1. The number of aliphatic hydroxyl groups excluding tert-OH is 2. The number of aliphatic hydroxyl groups is 3. The lowest BCUT2D eigenvalue weighted by molar-refractivity contribution is -0.141. The first kappa shape index (κ1) is 9.29. The van der Waals surface area contributed by atoms with E-state index < -0.39 is 24.6 Å². The molecule has 0 aliphatic carbocycles. The highest BCUT2D eigenvalue weighted by Crippen LogP contribution is 2.03. The Hall–Kier alpha value is -0.710. The van der Waals surface area contributed by atoms with E-state index in [0.29, 0.717) is 0 Å². The van der Waals surface area contributed by atoms with Gasteiger partial charge in [-0.15, -0.1) is 0 Å². The molecule has 3 N–H and O–H groups in total. The van der Waals surface area contributed by atoms with Crippen molar-refractivity contribution in [2.75, 3.05) is 13.2 Å². The van der Waals surface area contributed by atoms with Gasteiger partial charge in [0.15, 0.2) is 11.4 Å². The SMILES string of the molecule is C=CC(=O)C(O)(CO)CO. The van der Waals surface area contributed by atoms with Crippen molar-refractivity contribution in [1.82, 2.24) is 0 Å². The van der Waals surface area contributed by atoms with Gasteiger partial charge in [-0.1, -0.05) is 6.58 Å². The summed E-state index contributed by atoms with van der Waals surface area (Å²) in [5, 5.41) is 25.8. The molecule has 0 spiro atoms. The Morgan fingerprint density at radius 1 is 1.50 bits per heavy atom. The Bertz CT molecular complexity index is 137. The van der Waals surface area contributed by atoms with Crippen LogP contribution in [0.4, 0.5) is 0 Å². The third-order valence-corrected chi connectivity index (χ3v) is 1.17. The third-order valence-electron chi connectivity index (χ3n) is 1.17. The van der Waals surface area contributed by atoms with E-state index in [1.165, 1.54) is 0 Å². The third kappa shape index (κ3) is 1.63. The molecule has 0 aromatic heterocycles. The van der Waals surface area contributed by atoms with Crippen molar-refractivity contribution in [3.63, 3.8) is 0 Å². The van der Waals surface area contributed by atoms with Gasteiger partial charge < -0.3 is 15.3 Å². The molecule has 58 valence electrons. The molecule has 0 amide bonds. The van der Waals surface area contributed by atoms with Crippen LogP contribution in [0.15, 0.2) is 12.7 Å². The normalized spacial score (nSPS) is 11.1. The van der Waals surface area contributed by atoms with Crippen molar-refractivity contribution in [3.8, 4) is 0 Å². The van der Waals surface area contributed by atoms with Gasteiger partial charge in [0.25, 0.3) is 0 Å². The van der Waals surface area contributed by atoms with Gasteiger partial charge in [-0.2, -0.15) is 0 Å². The van der Waals surface area contributed by atoms with Crippen LogP contribution in [0.25, 0.3) is 0 Å². The Labute approximate surface area is 58.4 Å². The van der Waals surface area contributed by atoms with E-state index in [4.69, 9.17) is 15.3 Å². The number of carbonyl (C=O) groups is 1. The van der Waals surface area contributed by atoms with Crippen LogP contribution in [0.1, 0.15) is 0 Å². The molecular formula is C6H10O4. The van der Waals surface area contributed by atoms with E-state index >= 15 is 0 Å². The molecule has 10 heavy (non-hydrogen) atoms. The highest BCUT2D eigenvalue weighted by atomic mass is 16.4. The van der Waals surface area contributed by atoms with Gasteiger partial charge in [-0.3, -0.25) is 4.79 Å². The molecule has 0 saturated heterocycles. The first-order valence-corrected chi connectivity index (χ1v) is 2.71. The Balaban J connectivity index is 4.31. The smallest absolute Gasteiger partial charge is 0.191 e. The van der Waals surface area contributed by atoms with Crippen LogP contribution in [-0.4, -0.2) is 39.9 Å². The largest absolute Gasteiger partial charge is 0.393 e. The minimum atomic E-state index is -2.05. The van der Waals surface area contributed by atoms with Gasteiger partial charge in [0.05, 0.1) is 13.2 Å². The Kier molecular flexibility index (Phi) is 3.21. The first-order valence-electron chi connectivity index (χ1n) is 2.71. The second-order valence-electron chi connectivity index (χ2n) is 1.92. The monoisotopic (exact) mass is 146 g/mol. The van der Waals surface area contributed by atoms with Crippen LogP contribution in [0.3, 0.4) is 0 Å². The summed E-state index contributed by atoms with van der Waals surface area (Å²) in [6.07, 6.45) is 0.854. The molecule has 0 fully saturated rings. The van der Waals surface area contributed by atoms with Crippen LogP contribution < -0.4 is 0 Å². The maximum absolute atomic E-state index is 10.6. The molecular weight excluding hydrogens is 136 g/mol. The van der Waals surface area contributed by atoms with E-state index in [1.807, 2.05) is 0 Å². The zero-order valence-electron chi connectivity index (χ0n) is 5.45. The Morgan fingerprint density at radius 2 is 1.90 bits per heavy atom. The van der Waals surface area contributed by atoms with Crippen LogP contribution >= 0.6 is 0 Å². The van der Waals surface area contributed by atoms with Crippen molar-refractivity contribution in [1.29, 1.82) is 0 Å². The lowest BCUT2D eigenvalue weighted by Gasteiger charge is -2.18. The fourth-order valence-corrected chi connectivity index (χ4v) is 0.396. The molecule has 0 aromatic rings. The zero-order valence-corrected chi connectivity index (χ0v) is 5.45. The minimum absolute atomic E-state index is 0.780. The van der Waals surface area contributed by atoms with Crippen LogP contribution in [-0.2, 0) is 4.79 Å². The highest BCUT2D eigenvalue weighted by Gasteiger charge is 2.31. The van der Waals surface area contributed by atoms with Gasteiger partial charge in [-0.25, -0.2) is 0 Å². The molecule has 0 aliphatic rings. The van der Waals surface area contributed by atoms with E-state index in [0.717, 1.165) is 6.08 Å². The molecule has 0 heterocycles. The predicted molar refractivity (Wildman–Crippen MR) is 34.3 cm³/mol. The lowest BCUT2D eigenvalue weighted by Crippen LogP contribution is -2.44. The maximum atomic E-state index is 10.6. The summed E-state index contributed by atoms with van der Waals surface area (Å²) in [6, 6.07) is 0. The van der Waals surface area contributed by atoms with E-state index in [1.54, 1.807) is 0 Å². The molecule has 0 saturated carbocycles. The summed E-state index contributed by atoms with van der Waals surface area (Å²) in [7, 11) is 0. The van der Waals surface area contributed by atoms with Gasteiger partial charge in [0, 0.05) is 0 Å². The second-order valence-corrected chi connectivity index (χ2v) is 1.92. The van der Waals surface area contributed by atoms with E-state index in [-0.39, 0.29) is 0 Å². The lowest BCUT2D eigenvalue weighted by atomic mass is 10.0. The van der Waals surface area contributed by atoms with E-state index in [9.17, 15) is 4.79 Å². The summed E-state index contributed by atoms with van der Waals surface area (Å²) in [4.78, 5) is 10.6. The summed E-state index contributed by atoms with van der Waals surface area (Å²) >= 11 is 0. The fourth-order valence-electron chi connectivity index (χ4n) is 0.396. The molecule has 0 atom stereocenters. The topological polar surface area (TPSA) is 77.8 Å². The predicted octanol–water partition coefficient (Wildman–Crippen LogP) is -1.54. The minimum Gasteiger partial charge on any atom is -0.393 e. The molecule has 0 aromatic carbocycles. The van der Waals surface area contributed by atoms with Crippen LogP contribution in [0.5, 0.6) is 0 Å². The molecule has 0 aliphatic heterocycles. The van der Waals surface area contributed by atoms with Gasteiger partial charge in [0.1, 0.15) is 0 Å². The quantitative estimate of drug-likeness (QED) is 0.420. The molecule has 0 unspecified atom stereocenters. The standard InChI is InChI=1S/C6H10O4/c1-2-5(9)6(10,3-7)4-8/h2,7-8,10H,1,3-4H2. The molecule has 0 radical (unpaired) electrons. The van der Waals surface area contributed by atoms with Gasteiger partial charge in [-0.05, 0) is 6.08 Å². The average molecular weight is 146 g/mol. The van der Waals surface area contributed by atoms with Gasteiger partial charge in [0.2, 0.25) is 0 Å². The zero-order chi connectivity index (χ0) is 8.20. The number of carbonyl (C=O) groups excluding carboxylic acids is 1. The first-order chi connectivity index (χ1) is 4.60. The summed E-state index contributed by atoms with van der Waals surface area (Å²) in [6.45, 7) is 1.50. The van der Waals surface area contributed by atoms with Crippen molar-refractivity contribution in [2.45, 2.75) is 5.60 Å². The Morgan fingerprint density at radius 3 is 2.00 bits per heavy atom. The second kappa shape index (κ2) is 3.46. The van der Waals surface area contributed by atoms with Crippen molar-refractivity contribution >= 4 is 5.78 Å².